The van der Waals surface area contributed by atoms with Gasteiger partial charge in [-0.2, -0.15) is 5.10 Å². The van der Waals surface area contributed by atoms with Crippen molar-refractivity contribution in [3.63, 3.8) is 0 Å². The first-order chi connectivity index (χ1) is 5.20. The molecule has 60 valence electrons. The van der Waals surface area contributed by atoms with Gasteiger partial charge in [0.1, 0.15) is 12.7 Å². The Labute approximate surface area is 69.6 Å². The van der Waals surface area contributed by atoms with E-state index < -0.39 is 0 Å². The Hall–Kier alpha value is -0.903. The quantitative estimate of drug-likeness (QED) is 0.578. The molecule has 0 unspecified atom stereocenters. The predicted octanol–water partition coefficient (Wildman–Crippen LogP) is -0.0626. The molecule has 0 fully saturated rings. The average Bonchev–Trinajstić information content (AvgIpc) is 2.39. The largest absolute Gasteiger partial charge is 0.249 e. The van der Waals surface area contributed by atoms with Crippen molar-refractivity contribution in [1.82, 2.24) is 14.8 Å². The standard InChI is InChI=1S/C7H13N3Si/c1-6(2)7(11)3-10-5-8-4-9-10/h4-5H,3H2,1-2,11H3. The van der Waals surface area contributed by atoms with Crippen LogP contribution < -0.4 is 0 Å². The van der Waals surface area contributed by atoms with Crippen LogP contribution in [0.15, 0.2) is 23.4 Å². The molecule has 0 amide bonds. The summed E-state index contributed by atoms with van der Waals surface area (Å²) in [7, 11) is 1.11. The van der Waals surface area contributed by atoms with Gasteiger partial charge in [0, 0.05) is 10.2 Å². The van der Waals surface area contributed by atoms with E-state index in [0.29, 0.717) is 0 Å². The van der Waals surface area contributed by atoms with Crippen molar-refractivity contribution in [1.29, 1.82) is 0 Å². The molecule has 0 bridgehead atoms. The zero-order valence-electron chi connectivity index (χ0n) is 7.20. The van der Waals surface area contributed by atoms with Crippen molar-refractivity contribution in [2.45, 2.75) is 20.4 Å². The summed E-state index contributed by atoms with van der Waals surface area (Å²) in [4.78, 5) is 3.88. The summed E-state index contributed by atoms with van der Waals surface area (Å²) in [6.45, 7) is 5.19. The molecule has 0 atom stereocenters. The second-order valence-electron chi connectivity index (χ2n) is 2.87. The third-order valence-corrected chi connectivity index (χ3v) is 3.04. The van der Waals surface area contributed by atoms with Gasteiger partial charge >= 0.3 is 0 Å². The van der Waals surface area contributed by atoms with E-state index in [1.807, 2.05) is 4.68 Å². The number of aromatic nitrogens is 3. The van der Waals surface area contributed by atoms with Crippen LogP contribution >= 0.6 is 0 Å². The number of hydrogen-bond acceptors (Lipinski definition) is 2. The molecule has 1 aromatic rings. The minimum absolute atomic E-state index is 0.911. The summed E-state index contributed by atoms with van der Waals surface area (Å²) in [5.74, 6) is 0. The third kappa shape index (κ3) is 2.31. The summed E-state index contributed by atoms with van der Waals surface area (Å²) < 4.78 is 1.86. The molecule has 0 aliphatic rings. The molecule has 0 spiro atoms. The second-order valence-corrected chi connectivity index (χ2v) is 4.08. The van der Waals surface area contributed by atoms with Gasteiger partial charge in [-0.3, -0.25) is 0 Å². The van der Waals surface area contributed by atoms with Gasteiger partial charge in [0.25, 0.3) is 0 Å². The molecule has 3 nitrogen and oxygen atoms in total. The van der Waals surface area contributed by atoms with E-state index in [-0.39, 0.29) is 0 Å². The number of nitrogens with zero attached hydrogens (tertiary/aromatic N) is 3. The van der Waals surface area contributed by atoms with Crippen LogP contribution in [0, 0.1) is 0 Å². The van der Waals surface area contributed by atoms with Crippen LogP contribution in [0.25, 0.3) is 0 Å². The van der Waals surface area contributed by atoms with Crippen LogP contribution in [0.3, 0.4) is 0 Å². The van der Waals surface area contributed by atoms with Crippen LogP contribution in [-0.4, -0.2) is 25.0 Å². The first-order valence-corrected chi connectivity index (χ1v) is 4.65. The highest BCUT2D eigenvalue weighted by atomic mass is 28.1. The van der Waals surface area contributed by atoms with Crippen molar-refractivity contribution in [3.05, 3.63) is 23.4 Å². The monoisotopic (exact) mass is 167 g/mol. The Kier molecular flexibility index (Phi) is 2.59. The maximum atomic E-state index is 4.03. The van der Waals surface area contributed by atoms with Crippen LogP contribution in [0.4, 0.5) is 0 Å². The highest BCUT2D eigenvalue weighted by Gasteiger charge is 1.93. The van der Waals surface area contributed by atoms with Gasteiger partial charge in [-0.25, -0.2) is 9.67 Å². The Morgan fingerprint density at radius 2 is 2.27 bits per heavy atom. The Bertz CT molecular complexity index is 247. The maximum absolute atomic E-state index is 4.03. The number of hydrogen-bond donors (Lipinski definition) is 0. The molecule has 1 heterocycles. The minimum Gasteiger partial charge on any atom is -0.249 e. The van der Waals surface area contributed by atoms with Crippen molar-refractivity contribution in [2.24, 2.45) is 0 Å². The Morgan fingerprint density at radius 1 is 1.55 bits per heavy atom. The van der Waals surface area contributed by atoms with Crippen molar-refractivity contribution < 1.29 is 0 Å². The molecule has 0 saturated carbocycles. The molecule has 11 heavy (non-hydrogen) atoms. The van der Waals surface area contributed by atoms with E-state index in [2.05, 4.69) is 23.9 Å². The fourth-order valence-corrected chi connectivity index (χ4v) is 1.04. The van der Waals surface area contributed by atoms with E-state index in [9.17, 15) is 0 Å². The van der Waals surface area contributed by atoms with E-state index >= 15 is 0 Å². The molecule has 0 aromatic carbocycles. The average molecular weight is 167 g/mol. The van der Waals surface area contributed by atoms with E-state index in [1.165, 1.54) is 10.8 Å². The molecular weight excluding hydrogens is 154 g/mol. The molecule has 1 aromatic heterocycles. The lowest BCUT2D eigenvalue weighted by Gasteiger charge is -2.02. The zero-order chi connectivity index (χ0) is 8.27. The normalized spacial score (nSPS) is 10.0. The lowest BCUT2D eigenvalue weighted by Crippen LogP contribution is -2.02. The van der Waals surface area contributed by atoms with E-state index in [4.69, 9.17) is 0 Å². The second kappa shape index (κ2) is 3.48. The van der Waals surface area contributed by atoms with Crippen molar-refractivity contribution in [2.75, 3.05) is 0 Å². The SMILES string of the molecule is CC(C)=C([SiH3])Cn1cncn1. The summed E-state index contributed by atoms with van der Waals surface area (Å²) in [5, 5.41) is 5.51. The lowest BCUT2D eigenvalue weighted by molar-refractivity contribution is 0.688. The van der Waals surface area contributed by atoms with Gasteiger partial charge in [-0.15, -0.1) is 0 Å². The first kappa shape index (κ1) is 8.20. The molecule has 0 saturated heterocycles. The Balaban J connectivity index is 2.65. The topological polar surface area (TPSA) is 30.7 Å². The molecule has 0 aliphatic carbocycles. The van der Waals surface area contributed by atoms with Crippen molar-refractivity contribution >= 4 is 10.2 Å². The third-order valence-electron chi connectivity index (χ3n) is 1.72. The van der Waals surface area contributed by atoms with Gasteiger partial charge in [0.15, 0.2) is 0 Å². The maximum Gasteiger partial charge on any atom is 0.137 e. The fourth-order valence-electron chi connectivity index (χ4n) is 0.715. The van der Waals surface area contributed by atoms with Crippen LogP contribution in [0.5, 0.6) is 0 Å². The van der Waals surface area contributed by atoms with Crippen molar-refractivity contribution in [3.8, 4) is 0 Å². The summed E-state index contributed by atoms with van der Waals surface area (Å²) in [6.07, 6.45) is 3.32. The minimum atomic E-state index is 0.911. The summed E-state index contributed by atoms with van der Waals surface area (Å²) >= 11 is 0. The Morgan fingerprint density at radius 3 is 2.73 bits per heavy atom. The van der Waals surface area contributed by atoms with Crippen LogP contribution in [0.2, 0.25) is 0 Å². The van der Waals surface area contributed by atoms with Gasteiger partial charge in [-0.1, -0.05) is 10.8 Å². The molecule has 0 aliphatic heterocycles. The predicted molar refractivity (Wildman–Crippen MR) is 48.3 cm³/mol. The highest BCUT2D eigenvalue weighted by molar-refractivity contribution is 6.21. The van der Waals surface area contributed by atoms with Gasteiger partial charge in [-0.05, 0) is 13.8 Å². The zero-order valence-corrected chi connectivity index (χ0v) is 9.20. The van der Waals surface area contributed by atoms with E-state index in [1.54, 1.807) is 12.7 Å². The van der Waals surface area contributed by atoms with E-state index in [0.717, 1.165) is 16.8 Å². The van der Waals surface area contributed by atoms with Crippen LogP contribution in [0.1, 0.15) is 13.8 Å². The van der Waals surface area contributed by atoms with Crippen LogP contribution in [-0.2, 0) is 6.54 Å². The molecule has 0 radical (unpaired) electrons. The first-order valence-electron chi connectivity index (χ1n) is 3.65. The molecule has 0 N–H and O–H groups in total. The lowest BCUT2D eigenvalue weighted by atomic mass is 10.3. The highest BCUT2D eigenvalue weighted by Crippen LogP contribution is 1.99. The van der Waals surface area contributed by atoms with Gasteiger partial charge < -0.3 is 0 Å². The number of allylic oxidation sites excluding steroid dienone is 2. The molecular formula is C7H13N3Si. The fraction of sp³-hybridized carbons (Fsp3) is 0.429. The summed E-state index contributed by atoms with van der Waals surface area (Å²) in [5.41, 5.74) is 1.41. The molecule has 1 rings (SSSR count). The number of rotatable bonds is 2. The molecule has 4 heteroatoms. The summed E-state index contributed by atoms with van der Waals surface area (Å²) in [6, 6.07) is 0. The smallest absolute Gasteiger partial charge is 0.137 e. The van der Waals surface area contributed by atoms with Gasteiger partial charge in [0.2, 0.25) is 0 Å². The van der Waals surface area contributed by atoms with Gasteiger partial charge in [0.05, 0.1) is 6.54 Å².